The lowest BCUT2D eigenvalue weighted by atomic mass is 10.1. The molecule has 0 bridgehead atoms. The number of ketones is 1. The second kappa shape index (κ2) is 11.3. The molecule has 1 N–H and O–H groups in total. The molecule has 0 unspecified atom stereocenters. The summed E-state index contributed by atoms with van der Waals surface area (Å²) in [6.45, 7) is 7.77. The van der Waals surface area contributed by atoms with Crippen molar-refractivity contribution in [2.45, 2.75) is 65.3 Å². The number of Topliss-reactive ketones (excluding diaryl/α,β-unsaturated/α-hetero) is 1. The molecule has 2 aromatic heterocycles. The van der Waals surface area contributed by atoms with Gasteiger partial charge in [-0.25, -0.2) is 9.59 Å². The third-order valence-corrected chi connectivity index (χ3v) is 7.05. The minimum Gasteiger partial charge on any atom is -0.454 e. The number of ether oxygens (including phenoxy) is 3. The van der Waals surface area contributed by atoms with Crippen LogP contribution in [0.3, 0.4) is 0 Å². The summed E-state index contributed by atoms with van der Waals surface area (Å²) in [7, 11) is 1.51. The third-order valence-electron chi connectivity index (χ3n) is 7.05. The third kappa shape index (κ3) is 5.57. The molecular formula is C29H34N6O7. The molecule has 3 aromatic rings. The molecule has 13 nitrogen and oxygen atoms in total. The predicted octanol–water partition coefficient (Wildman–Crippen LogP) is 2.03. The van der Waals surface area contributed by atoms with E-state index in [1.165, 1.54) is 11.6 Å². The van der Waals surface area contributed by atoms with Crippen LogP contribution in [0.4, 0.5) is 10.7 Å². The van der Waals surface area contributed by atoms with Gasteiger partial charge in [-0.3, -0.25) is 23.3 Å². The number of amides is 1. The number of hydrogen-bond donors (Lipinski definition) is 1. The van der Waals surface area contributed by atoms with Crippen molar-refractivity contribution in [3.8, 4) is 23.3 Å². The van der Waals surface area contributed by atoms with Crippen molar-refractivity contribution in [1.29, 1.82) is 0 Å². The Morgan fingerprint density at radius 2 is 1.98 bits per heavy atom. The maximum absolute atomic E-state index is 13.9. The Hall–Kier alpha value is -4.73. The van der Waals surface area contributed by atoms with Crippen LogP contribution < -0.4 is 30.9 Å². The van der Waals surface area contributed by atoms with Gasteiger partial charge in [0.25, 0.3) is 5.56 Å². The van der Waals surface area contributed by atoms with E-state index in [0.29, 0.717) is 30.5 Å². The van der Waals surface area contributed by atoms with Crippen LogP contribution in [0.5, 0.6) is 11.5 Å². The highest BCUT2D eigenvalue weighted by Crippen LogP contribution is 2.35. The van der Waals surface area contributed by atoms with Gasteiger partial charge in [-0.05, 0) is 52.7 Å². The number of alkyl carbamates (subject to hydrolysis) is 1. The van der Waals surface area contributed by atoms with Gasteiger partial charge in [0.1, 0.15) is 5.60 Å². The van der Waals surface area contributed by atoms with Crippen LogP contribution in [-0.4, -0.2) is 62.1 Å². The normalized spacial score (nSPS) is 16.2. The van der Waals surface area contributed by atoms with E-state index in [1.54, 1.807) is 50.5 Å². The van der Waals surface area contributed by atoms with Crippen molar-refractivity contribution in [1.82, 2.24) is 24.0 Å². The lowest BCUT2D eigenvalue weighted by molar-refractivity contribution is 0.0499. The van der Waals surface area contributed by atoms with E-state index in [0.717, 1.165) is 17.4 Å². The Morgan fingerprint density at radius 3 is 2.71 bits per heavy atom. The molecule has 0 radical (unpaired) electrons. The van der Waals surface area contributed by atoms with Crippen LogP contribution in [0.25, 0.3) is 11.2 Å². The number of fused-ring (bicyclic) bond motifs is 2. The number of piperidine rings is 1. The summed E-state index contributed by atoms with van der Waals surface area (Å²) >= 11 is 0. The molecule has 2 aliphatic heterocycles. The second-order valence-corrected chi connectivity index (χ2v) is 11.2. The van der Waals surface area contributed by atoms with Crippen molar-refractivity contribution in [2.24, 2.45) is 7.05 Å². The number of rotatable bonds is 6. The number of carbonyl (C=O) groups excluding carboxylic acids is 2. The van der Waals surface area contributed by atoms with E-state index in [4.69, 9.17) is 19.2 Å². The SMILES string of the molecule is CC#CCn1c(N2CCC[C@H](NC(=O)OC(C)(C)C)C2)nc2c1c(=O)n(CC(=O)c1cccc3c1OCO3)c(=O)n2C. The van der Waals surface area contributed by atoms with Gasteiger partial charge >= 0.3 is 11.8 Å². The van der Waals surface area contributed by atoms with Gasteiger partial charge in [-0.2, -0.15) is 4.98 Å². The van der Waals surface area contributed by atoms with Gasteiger partial charge in [-0.15, -0.1) is 5.92 Å². The van der Waals surface area contributed by atoms with Crippen molar-refractivity contribution >= 4 is 29.0 Å². The van der Waals surface area contributed by atoms with E-state index >= 15 is 0 Å². The summed E-state index contributed by atoms with van der Waals surface area (Å²) in [5.74, 6) is 6.54. The van der Waals surface area contributed by atoms with Gasteiger partial charge in [0.15, 0.2) is 28.4 Å². The Kier molecular flexibility index (Phi) is 7.73. The molecule has 1 aromatic carbocycles. The van der Waals surface area contributed by atoms with E-state index in [2.05, 4.69) is 17.2 Å². The van der Waals surface area contributed by atoms with Gasteiger partial charge in [0.2, 0.25) is 12.7 Å². The minimum absolute atomic E-state index is 0.0155. The number of nitrogens with one attached hydrogen (secondary N) is 1. The summed E-state index contributed by atoms with van der Waals surface area (Å²) in [6.07, 6.45) is 1.00. The molecule has 0 saturated carbocycles. The van der Waals surface area contributed by atoms with E-state index in [9.17, 15) is 19.2 Å². The van der Waals surface area contributed by atoms with Gasteiger partial charge in [0, 0.05) is 26.2 Å². The summed E-state index contributed by atoms with van der Waals surface area (Å²) in [6, 6.07) is 4.69. The monoisotopic (exact) mass is 578 g/mol. The standard InChI is InChI=1S/C29H34N6O7/c1-6-7-14-34-22-24(31-26(34)33-13-9-10-18(15-33)30-27(38)42-29(2,3)4)32(5)28(39)35(25(22)37)16-20(36)19-11-8-12-21-23(19)41-17-40-21/h8,11-12,18H,9-10,13-17H2,1-5H3,(H,30,38)/t18-/m0/s1. The van der Waals surface area contributed by atoms with E-state index in [-0.39, 0.29) is 36.1 Å². The zero-order valence-corrected chi connectivity index (χ0v) is 24.4. The molecule has 1 saturated heterocycles. The molecular weight excluding hydrogens is 544 g/mol. The molecule has 4 heterocycles. The summed E-state index contributed by atoms with van der Waals surface area (Å²) in [5, 5.41) is 2.92. The number of aryl methyl sites for hydroxylation is 1. The summed E-state index contributed by atoms with van der Waals surface area (Å²) in [4.78, 5) is 59.6. The molecule has 2 aliphatic rings. The Bertz CT molecular complexity index is 1730. The number of aromatic nitrogens is 4. The number of anilines is 1. The first-order valence-electron chi connectivity index (χ1n) is 13.7. The molecule has 0 aliphatic carbocycles. The number of imidazole rings is 1. The van der Waals surface area contributed by atoms with Crippen LogP contribution in [0.2, 0.25) is 0 Å². The lowest BCUT2D eigenvalue weighted by Crippen LogP contribution is -2.49. The molecule has 1 fully saturated rings. The average Bonchev–Trinajstić information content (AvgIpc) is 3.57. The molecule has 13 heteroatoms. The van der Waals surface area contributed by atoms with Crippen molar-refractivity contribution < 1.29 is 23.8 Å². The maximum atomic E-state index is 13.9. The number of nitrogens with zero attached hydrogens (tertiary/aromatic N) is 5. The molecule has 1 atom stereocenters. The smallest absolute Gasteiger partial charge is 0.407 e. The van der Waals surface area contributed by atoms with Gasteiger partial charge < -0.3 is 24.4 Å². The first kappa shape index (κ1) is 28.8. The van der Waals surface area contributed by atoms with E-state index < -0.39 is 35.3 Å². The Morgan fingerprint density at radius 1 is 1.19 bits per heavy atom. The first-order valence-corrected chi connectivity index (χ1v) is 13.7. The average molecular weight is 579 g/mol. The highest BCUT2D eigenvalue weighted by molar-refractivity contribution is 5.99. The number of para-hydroxylation sites is 1. The fraction of sp³-hybridized carbons (Fsp3) is 0.483. The van der Waals surface area contributed by atoms with Crippen molar-refractivity contribution in [3.63, 3.8) is 0 Å². The predicted molar refractivity (Wildman–Crippen MR) is 154 cm³/mol. The highest BCUT2D eigenvalue weighted by Gasteiger charge is 2.30. The van der Waals surface area contributed by atoms with E-state index in [1.807, 2.05) is 4.90 Å². The molecule has 0 spiro atoms. The van der Waals surface area contributed by atoms with Crippen LogP contribution in [0, 0.1) is 11.8 Å². The first-order chi connectivity index (χ1) is 20.0. The van der Waals surface area contributed by atoms with Crippen LogP contribution in [0.15, 0.2) is 27.8 Å². The van der Waals surface area contributed by atoms with Crippen molar-refractivity contribution in [3.05, 3.63) is 44.6 Å². The second-order valence-electron chi connectivity index (χ2n) is 11.2. The quantitative estimate of drug-likeness (QED) is 0.344. The zero-order chi connectivity index (χ0) is 30.2. The van der Waals surface area contributed by atoms with Gasteiger partial charge in [0.05, 0.1) is 18.7 Å². The van der Waals surface area contributed by atoms with Gasteiger partial charge in [-0.1, -0.05) is 12.0 Å². The Labute approximate surface area is 242 Å². The zero-order valence-electron chi connectivity index (χ0n) is 24.4. The maximum Gasteiger partial charge on any atom is 0.407 e. The highest BCUT2D eigenvalue weighted by atomic mass is 16.7. The molecule has 222 valence electrons. The largest absolute Gasteiger partial charge is 0.454 e. The molecule has 5 rings (SSSR count). The number of hydrogen-bond acceptors (Lipinski definition) is 9. The topological polar surface area (TPSA) is 139 Å². The fourth-order valence-electron chi connectivity index (χ4n) is 5.18. The number of carbonyl (C=O) groups is 2. The van der Waals surface area contributed by atoms with Crippen molar-refractivity contribution in [2.75, 3.05) is 24.8 Å². The fourth-order valence-corrected chi connectivity index (χ4v) is 5.18. The number of benzene rings is 1. The summed E-state index contributed by atoms with van der Waals surface area (Å²) < 4.78 is 20.1. The van der Waals surface area contributed by atoms with Crippen LogP contribution >= 0.6 is 0 Å². The molecule has 42 heavy (non-hydrogen) atoms. The Balaban J connectivity index is 1.52. The van der Waals surface area contributed by atoms with Crippen LogP contribution in [0.1, 0.15) is 50.9 Å². The van der Waals surface area contributed by atoms with Crippen LogP contribution in [-0.2, 0) is 24.9 Å². The minimum atomic E-state index is -0.675. The summed E-state index contributed by atoms with van der Waals surface area (Å²) in [5.41, 5.74) is -1.39. The molecule has 1 amide bonds. The lowest BCUT2D eigenvalue weighted by Gasteiger charge is -2.34.